The molecule has 1 aliphatic rings. The number of thioether (sulfide) groups is 1. The number of benzene rings is 1. The molecule has 1 fully saturated rings. The van der Waals surface area contributed by atoms with Gasteiger partial charge in [0.05, 0.1) is 30.3 Å². The summed E-state index contributed by atoms with van der Waals surface area (Å²) in [4.78, 5) is 14.7. The van der Waals surface area contributed by atoms with Gasteiger partial charge in [-0.25, -0.2) is 0 Å². The van der Waals surface area contributed by atoms with Crippen LogP contribution in [0.15, 0.2) is 42.1 Å². The summed E-state index contributed by atoms with van der Waals surface area (Å²) in [5, 5.41) is 11.9. The first kappa shape index (κ1) is 18.5. The van der Waals surface area contributed by atoms with Gasteiger partial charge in [0.25, 0.3) is 0 Å². The summed E-state index contributed by atoms with van der Waals surface area (Å²) in [5.41, 5.74) is 1.85. The Labute approximate surface area is 157 Å². The number of allylic oxidation sites excluding steroid dienone is 1. The smallest absolute Gasteiger partial charge is 0.234 e. The fourth-order valence-electron chi connectivity index (χ4n) is 2.78. The highest BCUT2D eigenvalue weighted by molar-refractivity contribution is 7.99. The second-order valence-electron chi connectivity index (χ2n) is 5.88. The van der Waals surface area contributed by atoms with Crippen molar-refractivity contribution in [3.05, 3.63) is 42.7 Å². The molecule has 138 valence electrons. The zero-order chi connectivity index (χ0) is 18.4. The van der Waals surface area contributed by atoms with Crippen LogP contribution in [0.3, 0.4) is 0 Å². The van der Waals surface area contributed by atoms with Crippen LogP contribution in [0.4, 0.5) is 11.4 Å². The number of ether oxygens (including phenoxy) is 1. The first-order valence-corrected chi connectivity index (χ1v) is 9.52. The number of morpholine rings is 1. The van der Waals surface area contributed by atoms with Gasteiger partial charge in [-0.1, -0.05) is 30.0 Å². The monoisotopic (exact) mass is 373 g/mol. The number of carbonyl (C=O) groups excluding carboxylic acids is 1. The minimum absolute atomic E-state index is 0.0680. The van der Waals surface area contributed by atoms with Gasteiger partial charge >= 0.3 is 0 Å². The van der Waals surface area contributed by atoms with E-state index in [1.807, 2.05) is 35.8 Å². The van der Waals surface area contributed by atoms with Crippen LogP contribution in [0.5, 0.6) is 0 Å². The van der Waals surface area contributed by atoms with E-state index in [1.165, 1.54) is 11.8 Å². The maximum atomic E-state index is 12.4. The Morgan fingerprint density at radius 2 is 2.12 bits per heavy atom. The number of aromatic nitrogens is 3. The number of nitrogens with zero attached hydrogens (tertiary/aromatic N) is 4. The van der Waals surface area contributed by atoms with Gasteiger partial charge in [-0.3, -0.25) is 4.79 Å². The van der Waals surface area contributed by atoms with Gasteiger partial charge in [-0.2, -0.15) is 0 Å². The molecule has 0 atom stereocenters. The Hall–Kier alpha value is -2.32. The van der Waals surface area contributed by atoms with E-state index in [0.29, 0.717) is 19.8 Å². The van der Waals surface area contributed by atoms with Crippen LogP contribution in [-0.2, 0) is 16.1 Å². The first-order chi connectivity index (χ1) is 12.7. The molecule has 0 spiro atoms. The quantitative estimate of drug-likeness (QED) is 0.593. The summed E-state index contributed by atoms with van der Waals surface area (Å²) in [6.45, 7) is 9.32. The first-order valence-electron chi connectivity index (χ1n) is 8.54. The fourth-order valence-corrected chi connectivity index (χ4v) is 3.58. The van der Waals surface area contributed by atoms with Crippen molar-refractivity contribution in [3.63, 3.8) is 0 Å². The average Bonchev–Trinajstić information content (AvgIpc) is 3.01. The highest BCUT2D eigenvalue weighted by Gasteiger charge is 2.16. The van der Waals surface area contributed by atoms with E-state index >= 15 is 0 Å². The highest BCUT2D eigenvalue weighted by Crippen LogP contribution is 2.27. The van der Waals surface area contributed by atoms with Gasteiger partial charge in [0, 0.05) is 19.6 Å². The third-order valence-corrected chi connectivity index (χ3v) is 5.04. The largest absolute Gasteiger partial charge is 0.378 e. The number of hydrogen-bond donors (Lipinski definition) is 1. The Kier molecular flexibility index (Phi) is 6.30. The van der Waals surface area contributed by atoms with E-state index in [0.717, 1.165) is 35.4 Å². The molecule has 0 saturated carbocycles. The molecule has 1 amide bonds. The van der Waals surface area contributed by atoms with E-state index in [9.17, 15) is 4.79 Å². The van der Waals surface area contributed by atoms with Crippen molar-refractivity contribution in [2.45, 2.75) is 18.6 Å². The van der Waals surface area contributed by atoms with Crippen molar-refractivity contribution in [2.75, 3.05) is 42.3 Å². The summed E-state index contributed by atoms with van der Waals surface area (Å²) in [7, 11) is 0. The maximum Gasteiger partial charge on any atom is 0.234 e. The highest BCUT2D eigenvalue weighted by atomic mass is 32.2. The number of hydrogen-bond acceptors (Lipinski definition) is 6. The molecule has 2 heterocycles. The topological polar surface area (TPSA) is 72.3 Å². The van der Waals surface area contributed by atoms with Crippen LogP contribution in [0.2, 0.25) is 0 Å². The molecule has 1 aromatic carbocycles. The summed E-state index contributed by atoms with van der Waals surface area (Å²) in [6.07, 6.45) is 1.79. The van der Waals surface area contributed by atoms with Gasteiger partial charge in [0.15, 0.2) is 5.16 Å². The van der Waals surface area contributed by atoms with Gasteiger partial charge in [-0.05, 0) is 19.1 Å². The van der Waals surface area contributed by atoms with Crippen LogP contribution >= 0.6 is 11.8 Å². The number of aryl methyl sites for hydroxylation is 1. The standard InChI is InChI=1S/C18H23N5O2S/c1-3-8-23-14(2)20-21-18(23)26-13-17(24)19-15-6-4-5-7-16(15)22-9-11-25-12-10-22/h3-7H,1,8-13H2,2H3,(H,19,24). The lowest BCUT2D eigenvalue weighted by molar-refractivity contribution is -0.113. The Morgan fingerprint density at radius 1 is 1.35 bits per heavy atom. The summed E-state index contributed by atoms with van der Waals surface area (Å²) < 4.78 is 7.35. The number of amides is 1. The molecular weight excluding hydrogens is 350 g/mol. The van der Waals surface area contributed by atoms with E-state index in [2.05, 4.69) is 27.0 Å². The van der Waals surface area contributed by atoms with Gasteiger partial charge in [-0.15, -0.1) is 16.8 Å². The minimum Gasteiger partial charge on any atom is -0.378 e. The molecular formula is C18H23N5O2S. The summed E-state index contributed by atoms with van der Waals surface area (Å²) >= 11 is 1.37. The Balaban J connectivity index is 1.63. The van der Waals surface area contributed by atoms with Crippen molar-refractivity contribution in [2.24, 2.45) is 0 Å². The number of carbonyl (C=O) groups is 1. The molecule has 1 aromatic heterocycles. The molecule has 2 aromatic rings. The average molecular weight is 373 g/mol. The molecule has 1 saturated heterocycles. The SMILES string of the molecule is C=CCn1c(C)nnc1SCC(=O)Nc1ccccc1N1CCOCC1. The molecule has 7 nitrogen and oxygen atoms in total. The minimum atomic E-state index is -0.0680. The molecule has 0 bridgehead atoms. The molecule has 1 N–H and O–H groups in total. The van der Waals surface area contributed by atoms with Crippen LogP contribution in [0.25, 0.3) is 0 Å². The molecule has 1 aliphatic heterocycles. The second-order valence-corrected chi connectivity index (χ2v) is 6.82. The zero-order valence-electron chi connectivity index (χ0n) is 14.9. The van der Waals surface area contributed by atoms with Crippen molar-refractivity contribution in [1.82, 2.24) is 14.8 Å². The summed E-state index contributed by atoms with van der Waals surface area (Å²) in [6, 6.07) is 7.86. The molecule has 0 unspecified atom stereocenters. The lowest BCUT2D eigenvalue weighted by atomic mass is 10.2. The van der Waals surface area contributed by atoms with Crippen LogP contribution in [-0.4, -0.2) is 52.7 Å². The molecule has 26 heavy (non-hydrogen) atoms. The predicted molar refractivity (Wildman–Crippen MR) is 104 cm³/mol. The van der Waals surface area contributed by atoms with Crippen molar-refractivity contribution in [1.29, 1.82) is 0 Å². The third-order valence-electron chi connectivity index (χ3n) is 4.08. The number of rotatable bonds is 7. The van der Waals surface area contributed by atoms with E-state index in [4.69, 9.17) is 4.74 Å². The summed E-state index contributed by atoms with van der Waals surface area (Å²) in [5.74, 6) is 1.01. The fraction of sp³-hybridized carbons (Fsp3) is 0.389. The number of nitrogens with one attached hydrogen (secondary N) is 1. The van der Waals surface area contributed by atoms with Gasteiger partial charge < -0.3 is 19.5 Å². The van der Waals surface area contributed by atoms with E-state index in [1.54, 1.807) is 6.08 Å². The zero-order valence-corrected chi connectivity index (χ0v) is 15.7. The van der Waals surface area contributed by atoms with Gasteiger partial charge in [0.1, 0.15) is 5.82 Å². The molecule has 8 heteroatoms. The molecule has 0 radical (unpaired) electrons. The van der Waals surface area contributed by atoms with E-state index < -0.39 is 0 Å². The number of anilines is 2. The van der Waals surface area contributed by atoms with Crippen molar-refractivity contribution >= 4 is 29.0 Å². The van der Waals surface area contributed by atoms with Crippen molar-refractivity contribution in [3.8, 4) is 0 Å². The maximum absolute atomic E-state index is 12.4. The molecule has 0 aliphatic carbocycles. The Bertz CT molecular complexity index is 771. The van der Waals surface area contributed by atoms with Crippen LogP contribution in [0, 0.1) is 6.92 Å². The Morgan fingerprint density at radius 3 is 2.88 bits per heavy atom. The van der Waals surface area contributed by atoms with E-state index in [-0.39, 0.29) is 11.7 Å². The second kappa shape index (κ2) is 8.86. The van der Waals surface area contributed by atoms with Crippen LogP contribution < -0.4 is 10.2 Å². The predicted octanol–water partition coefficient (Wildman–Crippen LogP) is 2.34. The lowest BCUT2D eigenvalue weighted by Crippen LogP contribution is -2.36. The molecule has 3 rings (SSSR count). The van der Waals surface area contributed by atoms with Crippen LogP contribution in [0.1, 0.15) is 5.82 Å². The lowest BCUT2D eigenvalue weighted by Gasteiger charge is -2.30. The normalized spacial score (nSPS) is 14.3. The van der Waals surface area contributed by atoms with Crippen molar-refractivity contribution < 1.29 is 9.53 Å². The van der Waals surface area contributed by atoms with Gasteiger partial charge in [0.2, 0.25) is 5.91 Å². The number of para-hydroxylation sites is 2. The third kappa shape index (κ3) is 4.44.